The number of thioether (sulfide) groups is 1. The second-order valence-electron chi connectivity index (χ2n) is 9.90. The Morgan fingerprint density at radius 2 is 1.75 bits per heavy atom. The smallest absolute Gasteiger partial charge is 0.328 e. The van der Waals surface area contributed by atoms with Gasteiger partial charge in [0.25, 0.3) is 5.91 Å². The number of esters is 1. The number of halogens is 1. The summed E-state index contributed by atoms with van der Waals surface area (Å²) >= 11 is 8.13. The summed E-state index contributed by atoms with van der Waals surface area (Å²) in [6, 6.07) is 21.0. The summed E-state index contributed by atoms with van der Waals surface area (Å²) in [4.78, 5) is 25.8. The molecule has 0 aliphatic rings. The van der Waals surface area contributed by atoms with Gasteiger partial charge < -0.3 is 14.8 Å². The molecule has 3 aromatic carbocycles. The maximum Gasteiger partial charge on any atom is 0.328 e. The molecule has 3 rings (SSSR count). The summed E-state index contributed by atoms with van der Waals surface area (Å²) in [7, 11) is 1.34. The summed E-state index contributed by atoms with van der Waals surface area (Å²) in [5, 5.41) is 3.67. The monoisotopic (exact) mass is 581 g/mol. The number of rotatable bonds is 15. The standard InChI is InChI=1S/C33H40ClNO4S/c1-5-6-12-25(27-14-9-10-15-30(27)34)22-39-21-24-16-17-28(29(20-24)26-13-8-7-11-23(26)2)32(36)35-31(18-19-40-4)33(37)38-3/h7-11,13-17,20,25,31H,5-6,12,18-19,21-22H2,1-4H3,(H,35,36). The number of ether oxygens (including phenoxy) is 2. The van der Waals surface area contributed by atoms with Gasteiger partial charge in [-0.1, -0.05) is 79.9 Å². The first-order valence-corrected chi connectivity index (χ1v) is 15.5. The highest BCUT2D eigenvalue weighted by Gasteiger charge is 2.24. The molecule has 0 aliphatic carbocycles. The van der Waals surface area contributed by atoms with E-state index >= 15 is 0 Å². The van der Waals surface area contributed by atoms with Crippen LogP contribution < -0.4 is 5.32 Å². The van der Waals surface area contributed by atoms with Crippen molar-refractivity contribution in [1.29, 1.82) is 0 Å². The summed E-state index contributed by atoms with van der Waals surface area (Å²) in [6.07, 6.45) is 5.68. The summed E-state index contributed by atoms with van der Waals surface area (Å²) < 4.78 is 11.2. The van der Waals surface area contributed by atoms with Gasteiger partial charge >= 0.3 is 5.97 Å². The molecular formula is C33H40ClNO4S. The lowest BCUT2D eigenvalue weighted by molar-refractivity contribution is -0.142. The molecule has 40 heavy (non-hydrogen) atoms. The van der Waals surface area contributed by atoms with E-state index in [1.54, 1.807) is 11.8 Å². The number of amides is 1. The Bertz CT molecular complexity index is 1260. The minimum absolute atomic E-state index is 0.214. The second kappa shape index (κ2) is 16.5. The third-order valence-electron chi connectivity index (χ3n) is 7.00. The minimum Gasteiger partial charge on any atom is -0.467 e. The molecule has 1 amide bonds. The summed E-state index contributed by atoms with van der Waals surface area (Å²) in [5.41, 5.74) is 5.42. The zero-order valence-corrected chi connectivity index (χ0v) is 25.4. The maximum absolute atomic E-state index is 13.5. The fraction of sp³-hybridized carbons (Fsp3) is 0.394. The zero-order chi connectivity index (χ0) is 28.9. The lowest BCUT2D eigenvalue weighted by Gasteiger charge is -2.20. The SMILES string of the molecule is CCCCC(COCc1ccc(C(=O)NC(CCSC)C(=O)OC)c(-c2ccccc2C)c1)c1ccccc1Cl. The van der Waals surface area contributed by atoms with E-state index in [-0.39, 0.29) is 11.8 Å². The highest BCUT2D eigenvalue weighted by molar-refractivity contribution is 7.98. The first-order chi connectivity index (χ1) is 19.4. The first kappa shape index (κ1) is 31.7. The minimum atomic E-state index is -0.706. The van der Waals surface area contributed by atoms with E-state index in [0.29, 0.717) is 25.2 Å². The molecule has 0 saturated heterocycles. The van der Waals surface area contributed by atoms with E-state index in [9.17, 15) is 9.59 Å². The number of nitrogens with one attached hydrogen (secondary N) is 1. The van der Waals surface area contributed by atoms with Crippen molar-refractivity contribution >= 4 is 35.2 Å². The molecule has 7 heteroatoms. The Morgan fingerprint density at radius 1 is 1.00 bits per heavy atom. The molecule has 5 nitrogen and oxygen atoms in total. The predicted octanol–water partition coefficient (Wildman–Crippen LogP) is 7.83. The Morgan fingerprint density at radius 3 is 2.45 bits per heavy atom. The van der Waals surface area contributed by atoms with Gasteiger partial charge in [-0.15, -0.1) is 0 Å². The highest BCUT2D eigenvalue weighted by Crippen LogP contribution is 2.31. The van der Waals surface area contributed by atoms with Gasteiger partial charge in [-0.05, 0) is 77.8 Å². The quantitative estimate of drug-likeness (QED) is 0.185. The average Bonchev–Trinajstić information content (AvgIpc) is 2.97. The van der Waals surface area contributed by atoms with Crippen LogP contribution in [0, 0.1) is 6.92 Å². The van der Waals surface area contributed by atoms with Crippen LogP contribution in [0.25, 0.3) is 11.1 Å². The van der Waals surface area contributed by atoms with Gasteiger partial charge in [-0.2, -0.15) is 11.8 Å². The first-order valence-electron chi connectivity index (χ1n) is 13.8. The molecule has 2 atom stereocenters. The molecule has 0 aromatic heterocycles. The fourth-order valence-electron chi connectivity index (χ4n) is 4.74. The van der Waals surface area contributed by atoms with Crippen LogP contribution in [-0.4, -0.2) is 43.6 Å². The molecule has 1 N–H and O–H groups in total. The Hall–Kier alpha value is -2.80. The van der Waals surface area contributed by atoms with Gasteiger partial charge in [0.15, 0.2) is 0 Å². The molecule has 3 aromatic rings. The molecule has 0 aliphatic heterocycles. The van der Waals surface area contributed by atoms with Crippen LogP contribution in [0.4, 0.5) is 0 Å². The van der Waals surface area contributed by atoms with Crippen LogP contribution in [0.15, 0.2) is 66.7 Å². The largest absolute Gasteiger partial charge is 0.467 e. The number of aryl methyl sites for hydroxylation is 1. The number of methoxy groups -OCH3 is 1. The lowest BCUT2D eigenvalue weighted by Crippen LogP contribution is -2.42. The van der Waals surface area contributed by atoms with Crippen molar-refractivity contribution in [2.45, 2.75) is 58.1 Å². The van der Waals surface area contributed by atoms with E-state index in [2.05, 4.69) is 18.3 Å². The van der Waals surface area contributed by atoms with Crippen molar-refractivity contribution in [3.05, 3.63) is 94.0 Å². The van der Waals surface area contributed by atoms with Gasteiger partial charge in [0, 0.05) is 16.5 Å². The molecule has 0 saturated carbocycles. The fourth-order valence-corrected chi connectivity index (χ4v) is 5.51. The average molecular weight is 582 g/mol. The summed E-state index contributed by atoms with van der Waals surface area (Å²) in [6.45, 7) is 5.18. The van der Waals surface area contributed by atoms with Crippen LogP contribution in [0.3, 0.4) is 0 Å². The van der Waals surface area contributed by atoms with Crippen molar-refractivity contribution in [2.75, 3.05) is 25.7 Å². The van der Waals surface area contributed by atoms with Gasteiger partial charge in [-0.3, -0.25) is 4.79 Å². The van der Waals surface area contributed by atoms with Crippen molar-refractivity contribution in [3.63, 3.8) is 0 Å². The third-order valence-corrected chi connectivity index (χ3v) is 7.99. The maximum atomic E-state index is 13.5. The number of hydrogen-bond acceptors (Lipinski definition) is 5. The molecule has 0 bridgehead atoms. The Kier molecular flexibility index (Phi) is 13.1. The normalized spacial score (nSPS) is 12.5. The molecular weight excluding hydrogens is 542 g/mol. The van der Waals surface area contributed by atoms with E-state index in [1.807, 2.05) is 73.8 Å². The van der Waals surface area contributed by atoms with Crippen LogP contribution >= 0.6 is 23.4 Å². The van der Waals surface area contributed by atoms with E-state index in [0.717, 1.165) is 57.9 Å². The molecule has 0 spiro atoms. The van der Waals surface area contributed by atoms with Gasteiger partial charge in [0.05, 0.1) is 20.3 Å². The van der Waals surface area contributed by atoms with Crippen molar-refractivity contribution in [1.82, 2.24) is 5.32 Å². The number of hydrogen-bond donors (Lipinski definition) is 1. The van der Waals surface area contributed by atoms with E-state index < -0.39 is 12.0 Å². The Labute approximate surface area is 248 Å². The van der Waals surface area contributed by atoms with Crippen LogP contribution in [0.1, 0.15) is 65.6 Å². The van der Waals surface area contributed by atoms with Crippen molar-refractivity contribution < 1.29 is 19.1 Å². The molecule has 0 fully saturated rings. The summed E-state index contributed by atoms with van der Waals surface area (Å²) in [5.74, 6) is 0.196. The molecule has 0 heterocycles. The Balaban J connectivity index is 1.84. The zero-order valence-electron chi connectivity index (χ0n) is 23.9. The second-order valence-corrected chi connectivity index (χ2v) is 11.3. The van der Waals surface area contributed by atoms with Crippen molar-refractivity contribution in [2.24, 2.45) is 0 Å². The number of unbranched alkanes of at least 4 members (excludes halogenated alkanes) is 1. The highest BCUT2D eigenvalue weighted by atomic mass is 35.5. The predicted molar refractivity (Wildman–Crippen MR) is 166 cm³/mol. The number of carbonyl (C=O) groups is 2. The number of carbonyl (C=O) groups excluding carboxylic acids is 2. The van der Waals surface area contributed by atoms with E-state index in [1.165, 1.54) is 7.11 Å². The molecule has 2 unspecified atom stereocenters. The van der Waals surface area contributed by atoms with Crippen LogP contribution in [0.2, 0.25) is 5.02 Å². The van der Waals surface area contributed by atoms with Crippen LogP contribution in [0.5, 0.6) is 0 Å². The topological polar surface area (TPSA) is 64.6 Å². The van der Waals surface area contributed by atoms with Gasteiger partial charge in [-0.25, -0.2) is 4.79 Å². The number of benzene rings is 3. The lowest BCUT2D eigenvalue weighted by atomic mass is 9.93. The molecule has 214 valence electrons. The van der Waals surface area contributed by atoms with Crippen molar-refractivity contribution in [3.8, 4) is 11.1 Å². The van der Waals surface area contributed by atoms with Gasteiger partial charge in [0.1, 0.15) is 6.04 Å². The van der Waals surface area contributed by atoms with E-state index in [4.69, 9.17) is 21.1 Å². The van der Waals surface area contributed by atoms with Gasteiger partial charge in [0.2, 0.25) is 0 Å². The van der Waals surface area contributed by atoms with Crippen LogP contribution in [-0.2, 0) is 20.9 Å². The third kappa shape index (κ3) is 8.85. The molecule has 0 radical (unpaired) electrons.